The molecule has 0 amide bonds. The molecule has 4 heterocycles. The third-order valence-corrected chi connectivity index (χ3v) is 13.0. The second-order valence-electron chi connectivity index (χ2n) is 14.5. The van der Waals surface area contributed by atoms with Crippen molar-refractivity contribution >= 4 is 77.9 Å². The van der Waals surface area contributed by atoms with Crippen LogP contribution in [0, 0.1) is 13.8 Å². The van der Waals surface area contributed by atoms with Gasteiger partial charge in [-0.3, -0.25) is 9.59 Å². The number of hydrogen-bond donors (Lipinski definition) is 3. The Kier molecular flexibility index (Phi) is 13.2. The molecule has 3 N–H and O–H groups in total. The first-order valence-corrected chi connectivity index (χ1v) is 22.8. The number of halogens is 2. The Morgan fingerprint density at radius 3 is 1.57 bits per heavy atom. The maximum absolute atomic E-state index is 12.9. The van der Waals surface area contributed by atoms with E-state index in [0.29, 0.717) is 24.0 Å². The predicted octanol–water partition coefficient (Wildman–Crippen LogP) is 8.38. The molecular weight excluding hydrogens is 896 g/mol. The van der Waals surface area contributed by atoms with Crippen LogP contribution in [0.15, 0.2) is 125 Å². The fourth-order valence-corrected chi connectivity index (χ4v) is 9.85. The van der Waals surface area contributed by atoms with E-state index in [2.05, 4.69) is 29.4 Å². The minimum absolute atomic E-state index is 0.0214. The molecule has 2 aromatic heterocycles. The summed E-state index contributed by atoms with van der Waals surface area (Å²) in [7, 11) is -6.50. The Labute approximate surface area is 372 Å². The highest BCUT2D eigenvalue weighted by Crippen LogP contribution is 2.35. The van der Waals surface area contributed by atoms with Gasteiger partial charge in [-0.15, -0.1) is 8.80 Å². The van der Waals surface area contributed by atoms with Gasteiger partial charge in [0, 0.05) is 22.9 Å². The molecule has 0 saturated carbocycles. The first-order valence-electron chi connectivity index (χ1n) is 19.1. The molecule has 2 aliphatic heterocycles. The van der Waals surface area contributed by atoms with Gasteiger partial charge in [0.15, 0.2) is 23.2 Å². The summed E-state index contributed by atoms with van der Waals surface area (Å²) in [5.41, 5.74) is 3.96. The molecule has 0 aliphatic carbocycles. The lowest BCUT2D eigenvalue weighted by Gasteiger charge is -2.19. The molecule has 6 aromatic rings. The molecule has 326 valence electrons. The highest BCUT2D eigenvalue weighted by Gasteiger charge is 2.31. The third kappa shape index (κ3) is 10.5. The Morgan fingerprint density at radius 2 is 1.14 bits per heavy atom. The van der Waals surface area contributed by atoms with Gasteiger partial charge in [0.05, 0.1) is 42.7 Å². The Hall–Kier alpha value is -6.34. The summed E-state index contributed by atoms with van der Waals surface area (Å²) in [4.78, 5) is 34.0. The maximum Gasteiger partial charge on any atom is 0.286 e. The van der Waals surface area contributed by atoms with Gasteiger partial charge in [-0.1, -0.05) is 35.3 Å². The molecule has 2 unspecified atom stereocenters. The second-order valence-corrected chi connectivity index (χ2v) is 18.5. The van der Waals surface area contributed by atoms with Gasteiger partial charge in [-0.2, -0.15) is 16.8 Å². The topological polar surface area (TPSA) is 233 Å². The summed E-state index contributed by atoms with van der Waals surface area (Å²) in [5, 5.41) is 16.1. The van der Waals surface area contributed by atoms with E-state index in [1.54, 1.807) is 31.5 Å². The number of carbonyl (C=O) groups is 2. The molecule has 0 radical (unpaired) electrons. The largest absolute Gasteiger partial charge is 0.508 e. The molecule has 0 saturated heterocycles. The van der Waals surface area contributed by atoms with Crippen molar-refractivity contribution in [3.63, 3.8) is 0 Å². The number of aryl methyl sites for hydroxylation is 2. The van der Waals surface area contributed by atoms with Crippen LogP contribution in [0.25, 0.3) is 0 Å². The number of aromatic hydroxyl groups is 1. The van der Waals surface area contributed by atoms with Crippen molar-refractivity contribution in [1.29, 1.82) is 0 Å². The number of aromatic nitrogens is 2. The van der Waals surface area contributed by atoms with E-state index in [1.807, 2.05) is 38.1 Å². The summed E-state index contributed by atoms with van der Waals surface area (Å²) >= 11 is 11.8. The maximum atomic E-state index is 12.9. The number of benzene rings is 4. The van der Waals surface area contributed by atoms with Crippen LogP contribution in [0.1, 0.15) is 71.6 Å². The second kappa shape index (κ2) is 18.6. The average Bonchev–Trinajstić information content (AvgIpc) is 3.97. The highest BCUT2D eigenvalue weighted by atomic mass is 35.5. The van der Waals surface area contributed by atoms with E-state index >= 15 is 0 Å². The molecule has 0 spiro atoms. The van der Waals surface area contributed by atoms with Crippen LogP contribution in [0.4, 0.5) is 11.4 Å². The number of rotatable bonds is 13. The fraction of sp³-hybridized carbons (Fsp3) is 0.209. The quantitative estimate of drug-likeness (QED) is 0.0988. The van der Waals surface area contributed by atoms with Gasteiger partial charge in [0.25, 0.3) is 20.0 Å². The van der Waals surface area contributed by atoms with Crippen molar-refractivity contribution in [3.05, 3.63) is 142 Å². The van der Waals surface area contributed by atoms with Crippen molar-refractivity contribution in [2.45, 2.75) is 61.2 Å². The van der Waals surface area contributed by atoms with Crippen molar-refractivity contribution in [2.75, 3.05) is 17.7 Å². The lowest BCUT2D eigenvalue weighted by molar-refractivity contribution is -0.113. The molecule has 2 atom stereocenters. The van der Waals surface area contributed by atoms with Crippen molar-refractivity contribution in [1.82, 2.24) is 9.97 Å². The molecule has 63 heavy (non-hydrogen) atoms. The van der Waals surface area contributed by atoms with Crippen molar-refractivity contribution in [3.8, 4) is 11.5 Å². The summed E-state index contributed by atoms with van der Waals surface area (Å²) in [6.07, 6.45) is 6.55. The SMILES string of the molecule is COc1cc(C)cc(C(CCC(=O)C2=NS(=O)(=O)c3cc(Cl)ccc3N2)c2ncco2)c1.Cc1cc(O)cc(C(CCC(=O)C2=NS(=O)(=O)c3cc(Cl)ccc3N2)c2ncco2)c1. The fourth-order valence-electron chi connectivity index (χ4n) is 7.06. The number of nitrogens with zero attached hydrogens (tertiary/aromatic N) is 4. The van der Waals surface area contributed by atoms with Crippen molar-refractivity contribution < 1.29 is 45.1 Å². The molecule has 0 fully saturated rings. The van der Waals surface area contributed by atoms with E-state index in [9.17, 15) is 31.5 Å². The molecule has 8 rings (SSSR count). The summed E-state index contributed by atoms with van der Waals surface area (Å²) in [6, 6.07) is 19.5. The van der Waals surface area contributed by atoms with Crippen LogP contribution < -0.4 is 15.4 Å². The van der Waals surface area contributed by atoms with Crippen LogP contribution in [0.5, 0.6) is 11.5 Å². The smallest absolute Gasteiger partial charge is 0.286 e. The van der Waals surface area contributed by atoms with E-state index < -0.39 is 37.5 Å². The molecule has 2 aliphatic rings. The summed E-state index contributed by atoms with van der Waals surface area (Å²) < 4.78 is 73.6. The number of amidine groups is 2. The van der Waals surface area contributed by atoms with Crippen molar-refractivity contribution in [2.24, 2.45) is 8.80 Å². The molecule has 0 bridgehead atoms. The molecule has 20 heteroatoms. The lowest BCUT2D eigenvalue weighted by Crippen LogP contribution is -2.29. The Bertz CT molecular complexity index is 2970. The van der Waals surface area contributed by atoms with Gasteiger partial charge >= 0.3 is 0 Å². The Morgan fingerprint density at radius 1 is 0.683 bits per heavy atom. The monoisotopic (exact) mass is 932 g/mol. The summed E-state index contributed by atoms with van der Waals surface area (Å²) in [5.74, 6) is -0.504. The standard InChI is InChI=1S/C22H20ClN3O5S.C21H18ClN3O5S/c1-13-9-14(11-16(10-13)30-2)17(22-24-7-8-31-22)4-6-19(27)21-25-18-5-3-15(23)12-20(18)32(28,29)26-21;1-12-8-13(10-15(26)9-12)16(21-23-6-7-30-21)3-5-18(27)20-24-17-4-2-14(22)11-19(17)31(28,29)25-20/h3,5,7-12,17H,4,6H2,1-2H3,(H,25,26);2,4,6-11,16,26H,3,5H2,1H3,(H,24,25). The number of carbonyl (C=O) groups excluding carboxylic acids is 2. The molecular formula is C43H38Cl2N6O10S2. The number of ketones is 2. The number of ether oxygens (including phenoxy) is 1. The van der Waals surface area contributed by atoms with Gasteiger partial charge in [-0.25, -0.2) is 9.97 Å². The zero-order valence-corrected chi connectivity index (χ0v) is 36.8. The number of fused-ring (bicyclic) bond motifs is 2. The van der Waals surface area contributed by atoms with Crippen LogP contribution in [0.3, 0.4) is 0 Å². The average molecular weight is 934 g/mol. The number of phenols is 1. The first-order chi connectivity index (χ1) is 30.0. The number of nitrogens with one attached hydrogen (secondary N) is 2. The first kappa shape index (κ1) is 44.7. The van der Waals surface area contributed by atoms with Crippen LogP contribution in [-0.4, -0.2) is 62.3 Å². The van der Waals surface area contributed by atoms with E-state index in [-0.39, 0.29) is 73.8 Å². The van der Waals surface area contributed by atoms with Crippen LogP contribution >= 0.6 is 23.2 Å². The minimum Gasteiger partial charge on any atom is -0.508 e. The number of hydrogen-bond acceptors (Lipinski definition) is 14. The van der Waals surface area contributed by atoms with E-state index in [1.165, 1.54) is 49.1 Å². The predicted molar refractivity (Wildman–Crippen MR) is 235 cm³/mol. The summed E-state index contributed by atoms with van der Waals surface area (Å²) in [6.45, 7) is 3.79. The van der Waals surface area contributed by atoms with Crippen LogP contribution in [0.2, 0.25) is 10.0 Å². The van der Waals surface area contributed by atoms with Gasteiger partial charge in [-0.05, 0) is 110 Å². The van der Waals surface area contributed by atoms with E-state index in [0.717, 1.165) is 22.3 Å². The highest BCUT2D eigenvalue weighted by molar-refractivity contribution is 7.91. The lowest BCUT2D eigenvalue weighted by atomic mass is 9.91. The van der Waals surface area contributed by atoms with Crippen LogP contribution in [-0.2, 0) is 29.6 Å². The van der Waals surface area contributed by atoms with Gasteiger partial charge in [0.2, 0.25) is 11.8 Å². The number of oxazole rings is 2. The molecule has 4 aromatic carbocycles. The minimum atomic E-state index is -4.05. The van der Waals surface area contributed by atoms with Gasteiger partial charge in [0.1, 0.15) is 33.8 Å². The Balaban J connectivity index is 0.000000189. The molecule has 16 nitrogen and oxygen atoms in total. The number of phenolic OH excluding ortho intramolecular Hbond substituents is 1. The number of Topliss-reactive ketones (excluding diaryl/α,β-unsaturated/α-hetero) is 2. The zero-order chi connectivity index (χ0) is 45.1. The number of sulfonamides is 2. The zero-order valence-electron chi connectivity index (χ0n) is 33.7. The van der Waals surface area contributed by atoms with E-state index in [4.69, 9.17) is 36.8 Å². The third-order valence-electron chi connectivity index (χ3n) is 9.92. The normalized spacial score (nSPS) is 15.4. The van der Waals surface area contributed by atoms with Gasteiger partial charge < -0.3 is 29.3 Å². The number of methoxy groups -OCH3 is 1. The number of anilines is 2.